The Morgan fingerprint density at radius 3 is 2.47 bits per heavy atom. The van der Waals surface area contributed by atoms with Crippen molar-refractivity contribution in [2.75, 3.05) is 11.5 Å². The quantitative estimate of drug-likeness (QED) is 0.352. The lowest BCUT2D eigenvalue weighted by atomic mass is 10.1. The fraction of sp³-hybridized carbons (Fsp3) is 0.227. The van der Waals surface area contributed by atoms with E-state index in [4.69, 9.17) is 9.47 Å². The topological polar surface area (TPSA) is 84.9 Å². The molecule has 2 aromatic rings. The molecule has 3 rings (SSSR count). The summed E-state index contributed by atoms with van der Waals surface area (Å²) < 4.78 is 12.3. The lowest BCUT2D eigenvalue weighted by Crippen LogP contribution is -2.54. The molecule has 0 spiro atoms. The Bertz CT molecular complexity index is 1020. The Hall–Kier alpha value is -2.88. The van der Waals surface area contributed by atoms with E-state index in [2.05, 4.69) is 27.9 Å². The van der Waals surface area contributed by atoms with E-state index in [1.165, 1.54) is 6.08 Å². The van der Waals surface area contributed by atoms with Crippen LogP contribution in [0.15, 0.2) is 48.0 Å². The summed E-state index contributed by atoms with van der Waals surface area (Å²) in [5, 5.41) is 2.22. The monoisotopic (exact) mass is 520 g/mol. The summed E-state index contributed by atoms with van der Waals surface area (Å²) in [5.41, 5.74) is 0.817. The van der Waals surface area contributed by atoms with E-state index < -0.39 is 17.8 Å². The average molecular weight is 520 g/mol. The number of urea groups is 1. The van der Waals surface area contributed by atoms with Crippen molar-refractivity contribution in [1.29, 1.82) is 0 Å². The number of carbonyl (C=O) groups is 3. The third kappa shape index (κ3) is 4.64. The number of para-hydroxylation sites is 1. The van der Waals surface area contributed by atoms with Crippen LogP contribution in [0.4, 0.5) is 10.5 Å². The minimum Gasteiger partial charge on any atom is -0.490 e. The van der Waals surface area contributed by atoms with Crippen LogP contribution in [0.1, 0.15) is 26.3 Å². The van der Waals surface area contributed by atoms with E-state index in [0.717, 1.165) is 8.47 Å². The summed E-state index contributed by atoms with van der Waals surface area (Å²) >= 11 is 2.12. The van der Waals surface area contributed by atoms with Crippen LogP contribution in [-0.4, -0.2) is 30.6 Å². The molecule has 4 amide bonds. The van der Waals surface area contributed by atoms with Crippen molar-refractivity contribution >= 4 is 52.2 Å². The third-order valence-electron chi connectivity index (χ3n) is 4.11. The number of rotatable bonds is 6. The number of amides is 4. The summed E-state index contributed by atoms with van der Waals surface area (Å²) in [5.74, 6) is -0.308. The van der Waals surface area contributed by atoms with E-state index in [0.29, 0.717) is 29.4 Å². The summed E-state index contributed by atoms with van der Waals surface area (Å²) in [6.45, 7) is 6.13. The van der Waals surface area contributed by atoms with Gasteiger partial charge in [0.05, 0.1) is 22.0 Å². The zero-order valence-electron chi connectivity index (χ0n) is 16.8. The Labute approximate surface area is 188 Å². The number of hydrogen-bond donors (Lipinski definition) is 1. The molecular weight excluding hydrogens is 499 g/mol. The number of imide groups is 2. The zero-order valence-corrected chi connectivity index (χ0v) is 18.9. The molecule has 8 heteroatoms. The maximum absolute atomic E-state index is 13.0. The molecule has 0 radical (unpaired) electrons. The molecule has 1 N–H and O–H groups in total. The number of ether oxygens (including phenoxy) is 2. The standard InChI is InChI=1S/C22H21IN2O5/c1-4-29-18-12-14(11-17(23)19(18)30-13(2)3)10-16-20(26)24-22(28)25(21(16)27)15-8-6-5-7-9-15/h5-13H,4H2,1-3H3,(H,24,26,28)/b16-10+. The van der Waals surface area contributed by atoms with Crippen LogP contribution in [-0.2, 0) is 9.59 Å². The number of nitrogens with one attached hydrogen (secondary N) is 1. The van der Waals surface area contributed by atoms with Crippen LogP contribution in [0.2, 0.25) is 0 Å². The molecule has 1 aliphatic heterocycles. The predicted octanol–water partition coefficient (Wildman–Crippen LogP) is 4.14. The second-order valence-electron chi connectivity index (χ2n) is 6.72. The largest absolute Gasteiger partial charge is 0.490 e. The van der Waals surface area contributed by atoms with Crippen LogP contribution < -0.4 is 19.7 Å². The SMILES string of the molecule is CCOc1cc(/C=C2\C(=O)NC(=O)N(c3ccccc3)C2=O)cc(I)c1OC(C)C. The van der Waals surface area contributed by atoms with Crippen LogP contribution in [0.5, 0.6) is 11.5 Å². The summed E-state index contributed by atoms with van der Waals surface area (Å²) in [6, 6.07) is 11.2. The van der Waals surface area contributed by atoms with Crippen LogP contribution in [0, 0.1) is 3.57 Å². The van der Waals surface area contributed by atoms with Gasteiger partial charge in [0.25, 0.3) is 11.8 Å². The zero-order chi connectivity index (χ0) is 21.8. The first-order valence-corrected chi connectivity index (χ1v) is 10.5. The molecule has 156 valence electrons. The maximum atomic E-state index is 13.0. The number of barbiturate groups is 1. The molecule has 0 bridgehead atoms. The molecule has 7 nitrogen and oxygen atoms in total. The van der Waals surface area contributed by atoms with E-state index in [-0.39, 0.29) is 11.7 Å². The number of benzene rings is 2. The van der Waals surface area contributed by atoms with Crippen molar-refractivity contribution in [3.8, 4) is 11.5 Å². The van der Waals surface area contributed by atoms with E-state index >= 15 is 0 Å². The Morgan fingerprint density at radius 1 is 1.13 bits per heavy atom. The summed E-state index contributed by atoms with van der Waals surface area (Å²) in [6.07, 6.45) is 1.40. The fourth-order valence-corrected chi connectivity index (χ4v) is 3.67. The Kier molecular flexibility index (Phi) is 6.76. The van der Waals surface area contributed by atoms with Crippen LogP contribution in [0.25, 0.3) is 6.08 Å². The van der Waals surface area contributed by atoms with E-state index in [1.807, 2.05) is 20.8 Å². The maximum Gasteiger partial charge on any atom is 0.335 e. The molecule has 2 aromatic carbocycles. The normalized spacial score (nSPS) is 15.6. The van der Waals surface area contributed by atoms with Gasteiger partial charge in [-0.1, -0.05) is 18.2 Å². The second-order valence-corrected chi connectivity index (χ2v) is 7.89. The first-order chi connectivity index (χ1) is 14.3. The molecule has 0 aromatic heterocycles. The van der Waals surface area contributed by atoms with Crippen molar-refractivity contribution < 1.29 is 23.9 Å². The predicted molar refractivity (Wildman–Crippen MR) is 122 cm³/mol. The molecule has 30 heavy (non-hydrogen) atoms. The van der Waals surface area contributed by atoms with Gasteiger partial charge in [-0.05, 0) is 79.3 Å². The highest BCUT2D eigenvalue weighted by Crippen LogP contribution is 2.36. The van der Waals surface area contributed by atoms with E-state index in [9.17, 15) is 14.4 Å². The van der Waals surface area contributed by atoms with Crippen LogP contribution >= 0.6 is 22.6 Å². The van der Waals surface area contributed by atoms with Gasteiger partial charge in [0.1, 0.15) is 5.57 Å². The number of hydrogen-bond acceptors (Lipinski definition) is 5. The van der Waals surface area contributed by atoms with Crippen LogP contribution in [0.3, 0.4) is 0 Å². The molecule has 1 heterocycles. The number of nitrogens with zero attached hydrogens (tertiary/aromatic N) is 1. The van der Waals surface area contributed by atoms with Gasteiger partial charge in [-0.2, -0.15) is 0 Å². The molecule has 1 aliphatic rings. The Morgan fingerprint density at radius 2 is 1.83 bits per heavy atom. The highest BCUT2D eigenvalue weighted by atomic mass is 127. The lowest BCUT2D eigenvalue weighted by Gasteiger charge is -2.26. The fourth-order valence-electron chi connectivity index (χ4n) is 2.92. The Balaban J connectivity index is 2.03. The molecule has 1 fully saturated rings. The number of carbonyl (C=O) groups excluding carboxylic acids is 3. The van der Waals surface area contributed by atoms with Gasteiger partial charge in [-0.3, -0.25) is 14.9 Å². The second kappa shape index (κ2) is 9.29. The number of anilines is 1. The van der Waals surface area contributed by atoms with E-state index in [1.54, 1.807) is 42.5 Å². The van der Waals surface area contributed by atoms with Gasteiger partial charge in [-0.25, -0.2) is 9.69 Å². The van der Waals surface area contributed by atoms with Gasteiger partial charge in [0.15, 0.2) is 11.5 Å². The van der Waals surface area contributed by atoms with Crippen molar-refractivity contribution in [3.63, 3.8) is 0 Å². The van der Waals surface area contributed by atoms with Crippen molar-refractivity contribution in [3.05, 3.63) is 57.2 Å². The summed E-state index contributed by atoms with van der Waals surface area (Å²) in [4.78, 5) is 38.6. The van der Waals surface area contributed by atoms with Crippen molar-refractivity contribution in [2.45, 2.75) is 26.9 Å². The highest BCUT2D eigenvalue weighted by Gasteiger charge is 2.36. The van der Waals surface area contributed by atoms with Gasteiger partial charge >= 0.3 is 6.03 Å². The first kappa shape index (κ1) is 21.8. The number of halogens is 1. The average Bonchev–Trinajstić information content (AvgIpc) is 2.68. The molecule has 0 aliphatic carbocycles. The highest BCUT2D eigenvalue weighted by molar-refractivity contribution is 14.1. The van der Waals surface area contributed by atoms with Crippen molar-refractivity contribution in [1.82, 2.24) is 5.32 Å². The van der Waals surface area contributed by atoms with Gasteiger partial charge in [-0.15, -0.1) is 0 Å². The molecule has 1 saturated heterocycles. The summed E-state index contributed by atoms with van der Waals surface area (Å²) in [7, 11) is 0. The van der Waals surface area contributed by atoms with Gasteiger partial charge < -0.3 is 9.47 Å². The minimum atomic E-state index is -0.779. The molecule has 0 atom stereocenters. The smallest absolute Gasteiger partial charge is 0.335 e. The van der Waals surface area contributed by atoms with Crippen molar-refractivity contribution in [2.24, 2.45) is 0 Å². The minimum absolute atomic E-state index is 0.0435. The first-order valence-electron chi connectivity index (χ1n) is 9.41. The lowest BCUT2D eigenvalue weighted by molar-refractivity contribution is -0.122. The van der Waals surface area contributed by atoms with Gasteiger partial charge in [0, 0.05) is 0 Å². The molecule has 0 saturated carbocycles. The van der Waals surface area contributed by atoms with Gasteiger partial charge in [0.2, 0.25) is 0 Å². The molecular formula is C22H21IN2O5. The third-order valence-corrected chi connectivity index (χ3v) is 4.91. The molecule has 0 unspecified atom stereocenters.